The van der Waals surface area contributed by atoms with Crippen LogP contribution in [-0.4, -0.2) is 35.0 Å². The molecular formula is C17H10N2O7. The van der Waals surface area contributed by atoms with Gasteiger partial charge in [0.2, 0.25) is 5.78 Å². The lowest BCUT2D eigenvalue weighted by atomic mass is 9.82. The summed E-state index contributed by atoms with van der Waals surface area (Å²) in [5, 5.41) is 11.5. The van der Waals surface area contributed by atoms with Crippen LogP contribution >= 0.6 is 0 Å². The molecule has 3 rings (SSSR count). The van der Waals surface area contributed by atoms with Gasteiger partial charge in [-0.05, 0) is 12.1 Å². The minimum absolute atomic E-state index is 0.00996. The maximum absolute atomic E-state index is 12.7. The van der Waals surface area contributed by atoms with Crippen molar-refractivity contribution in [2.75, 3.05) is 6.61 Å². The standard InChI is InChI=1S/C17H10N2O7/c18-12(20)7-26-17(23)11-6-5-10-13(14(11)19(24)25)16(22)9-4-2-1-3-8(9)15(10)21/h1-6H,7H2,(H2,18,20). The molecule has 9 heteroatoms. The summed E-state index contributed by atoms with van der Waals surface area (Å²) < 4.78 is 4.59. The number of esters is 1. The van der Waals surface area contributed by atoms with E-state index in [2.05, 4.69) is 4.74 Å². The van der Waals surface area contributed by atoms with Gasteiger partial charge in [-0.3, -0.25) is 24.5 Å². The third-order valence-corrected chi connectivity index (χ3v) is 3.81. The van der Waals surface area contributed by atoms with Crippen molar-refractivity contribution in [3.8, 4) is 0 Å². The number of fused-ring (bicyclic) bond motifs is 2. The molecular weight excluding hydrogens is 344 g/mol. The van der Waals surface area contributed by atoms with E-state index in [9.17, 15) is 29.3 Å². The minimum atomic E-state index is -1.20. The molecule has 0 saturated carbocycles. The molecule has 0 atom stereocenters. The van der Waals surface area contributed by atoms with Crippen LogP contribution in [0.3, 0.4) is 0 Å². The highest BCUT2D eigenvalue weighted by molar-refractivity contribution is 6.30. The van der Waals surface area contributed by atoms with Gasteiger partial charge in [0, 0.05) is 16.7 Å². The molecule has 2 N–H and O–H groups in total. The molecule has 0 fully saturated rings. The molecule has 1 aliphatic rings. The van der Waals surface area contributed by atoms with Crippen molar-refractivity contribution in [2.45, 2.75) is 0 Å². The third kappa shape index (κ3) is 2.61. The number of amides is 1. The number of ketones is 2. The first kappa shape index (κ1) is 17.0. The molecule has 1 amide bonds. The monoisotopic (exact) mass is 354 g/mol. The van der Waals surface area contributed by atoms with E-state index in [0.29, 0.717) is 0 Å². The number of nitro benzene ring substituents is 1. The lowest BCUT2D eigenvalue weighted by molar-refractivity contribution is -0.385. The number of primary amides is 1. The molecule has 0 unspecified atom stereocenters. The van der Waals surface area contributed by atoms with Gasteiger partial charge >= 0.3 is 5.97 Å². The number of nitrogens with two attached hydrogens (primary N) is 1. The molecule has 0 saturated heterocycles. The normalized spacial score (nSPS) is 12.2. The summed E-state index contributed by atoms with van der Waals surface area (Å²) in [7, 11) is 0. The molecule has 0 radical (unpaired) electrons. The van der Waals surface area contributed by atoms with E-state index in [1.165, 1.54) is 18.2 Å². The van der Waals surface area contributed by atoms with Gasteiger partial charge in [-0.15, -0.1) is 0 Å². The van der Waals surface area contributed by atoms with Gasteiger partial charge in [0.15, 0.2) is 12.4 Å². The van der Waals surface area contributed by atoms with E-state index in [-0.39, 0.29) is 16.7 Å². The molecule has 0 spiro atoms. The smallest absolute Gasteiger partial charge is 0.345 e. The lowest BCUT2D eigenvalue weighted by Crippen LogP contribution is -2.25. The lowest BCUT2D eigenvalue weighted by Gasteiger charge is -2.18. The van der Waals surface area contributed by atoms with Gasteiger partial charge < -0.3 is 10.5 Å². The van der Waals surface area contributed by atoms with Crippen LogP contribution in [0.25, 0.3) is 0 Å². The molecule has 1 aliphatic carbocycles. The predicted octanol–water partition coefficient (Wildman–Crippen LogP) is 1.01. The number of ether oxygens (including phenoxy) is 1. The summed E-state index contributed by atoms with van der Waals surface area (Å²) in [6.07, 6.45) is 0. The molecule has 130 valence electrons. The van der Waals surface area contributed by atoms with Crippen LogP contribution < -0.4 is 5.73 Å². The number of nitrogens with zero attached hydrogens (tertiary/aromatic N) is 1. The number of rotatable bonds is 4. The second-order valence-electron chi connectivity index (χ2n) is 5.39. The van der Waals surface area contributed by atoms with Crippen molar-refractivity contribution in [1.29, 1.82) is 0 Å². The Balaban J connectivity index is 2.20. The zero-order valence-corrected chi connectivity index (χ0v) is 13.1. The van der Waals surface area contributed by atoms with Gasteiger partial charge in [-0.1, -0.05) is 24.3 Å². The highest BCUT2D eigenvalue weighted by Gasteiger charge is 2.38. The van der Waals surface area contributed by atoms with Crippen LogP contribution in [0.15, 0.2) is 36.4 Å². The average Bonchev–Trinajstić information content (AvgIpc) is 2.62. The number of hydrogen-bond acceptors (Lipinski definition) is 7. The van der Waals surface area contributed by atoms with Crippen molar-refractivity contribution >= 4 is 29.1 Å². The van der Waals surface area contributed by atoms with Crippen molar-refractivity contribution in [3.05, 3.63) is 74.3 Å². The van der Waals surface area contributed by atoms with Gasteiger partial charge in [-0.2, -0.15) is 0 Å². The molecule has 2 aromatic rings. The highest BCUT2D eigenvalue weighted by Crippen LogP contribution is 2.35. The molecule has 0 aliphatic heterocycles. The Morgan fingerprint density at radius 3 is 2.19 bits per heavy atom. The van der Waals surface area contributed by atoms with Crippen LogP contribution in [0.5, 0.6) is 0 Å². The Morgan fingerprint density at radius 2 is 1.62 bits per heavy atom. The number of carbonyl (C=O) groups excluding carboxylic acids is 4. The fraction of sp³-hybridized carbons (Fsp3) is 0.0588. The minimum Gasteiger partial charge on any atom is -0.452 e. The van der Waals surface area contributed by atoms with Crippen LogP contribution in [0.4, 0.5) is 5.69 Å². The second kappa shape index (κ2) is 6.20. The largest absolute Gasteiger partial charge is 0.452 e. The van der Waals surface area contributed by atoms with E-state index in [1.807, 2.05) is 0 Å². The zero-order chi connectivity index (χ0) is 19.0. The summed E-state index contributed by atoms with van der Waals surface area (Å²) >= 11 is 0. The second-order valence-corrected chi connectivity index (χ2v) is 5.39. The zero-order valence-electron chi connectivity index (χ0n) is 13.1. The highest BCUT2D eigenvalue weighted by atomic mass is 16.6. The van der Waals surface area contributed by atoms with Crippen LogP contribution in [0.1, 0.15) is 42.2 Å². The van der Waals surface area contributed by atoms with Crippen molar-refractivity contribution < 1.29 is 28.8 Å². The van der Waals surface area contributed by atoms with E-state index in [1.54, 1.807) is 6.07 Å². The van der Waals surface area contributed by atoms with E-state index < -0.39 is 51.8 Å². The fourth-order valence-corrected chi connectivity index (χ4v) is 2.74. The van der Waals surface area contributed by atoms with Crippen LogP contribution in [-0.2, 0) is 9.53 Å². The first-order chi connectivity index (χ1) is 12.3. The molecule has 9 nitrogen and oxygen atoms in total. The Hall–Kier alpha value is -3.88. The summed E-state index contributed by atoms with van der Waals surface area (Å²) in [6.45, 7) is -0.775. The van der Waals surface area contributed by atoms with Gasteiger partial charge in [0.1, 0.15) is 11.1 Å². The summed E-state index contributed by atoms with van der Waals surface area (Å²) in [5.41, 5.74) is 2.97. The topological polar surface area (TPSA) is 147 Å². The number of carbonyl (C=O) groups is 4. The van der Waals surface area contributed by atoms with E-state index >= 15 is 0 Å². The molecule has 0 bridgehead atoms. The summed E-state index contributed by atoms with van der Waals surface area (Å²) in [5.74, 6) is -3.45. The number of hydrogen-bond donors (Lipinski definition) is 1. The fourth-order valence-electron chi connectivity index (χ4n) is 2.74. The Morgan fingerprint density at radius 1 is 1.00 bits per heavy atom. The van der Waals surface area contributed by atoms with Crippen LogP contribution in [0, 0.1) is 10.1 Å². The van der Waals surface area contributed by atoms with E-state index in [4.69, 9.17) is 5.73 Å². The number of benzene rings is 2. The SMILES string of the molecule is NC(=O)COC(=O)c1ccc2c(c1[N+](=O)[O-])C(=O)c1ccccc1C2=O. The Kier molecular flexibility index (Phi) is 4.05. The quantitative estimate of drug-likeness (QED) is 0.418. The molecule has 0 aromatic heterocycles. The predicted molar refractivity (Wildman–Crippen MR) is 85.9 cm³/mol. The average molecular weight is 354 g/mol. The Labute approximate surface area is 145 Å². The maximum atomic E-state index is 12.7. The maximum Gasteiger partial charge on any atom is 0.345 e. The molecule has 26 heavy (non-hydrogen) atoms. The Bertz CT molecular complexity index is 1010. The van der Waals surface area contributed by atoms with Crippen LogP contribution in [0.2, 0.25) is 0 Å². The first-order valence-corrected chi connectivity index (χ1v) is 7.28. The summed E-state index contributed by atoms with van der Waals surface area (Å²) in [4.78, 5) is 58.7. The third-order valence-electron chi connectivity index (χ3n) is 3.81. The molecule has 2 aromatic carbocycles. The van der Waals surface area contributed by atoms with Crippen molar-refractivity contribution in [2.24, 2.45) is 5.73 Å². The van der Waals surface area contributed by atoms with Gasteiger partial charge in [-0.25, -0.2) is 4.79 Å². The van der Waals surface area contributed by atoms with E-state index in [0.717, 1.165) is 12.1 Å². The van der Waals surface area contributed by atoms with Crippen molar-refractivity contribution in [3.63, 3.8) is 0 Å². The first-order valence-electron chi connectivity index (χ1n) is 7.28. The van der Waals surface area contributed by atoms with Gasteiger partial charge in [0.25, 0.3) is 11.6 Å². The molecule has 0 heterocycles. The van der Waals surface area contributed by atoms with Gasteiger partial charge in [0.05, 0.1) is 4.92 Å². The summed E-state index contributed by atoms with van der Waals surface area (Å²) in [6, 6.07) is 8.07. The number of nitro groups is 1. The van der Waals surface area contributed by atoms with Crippen molar-refractivity contribution in [1.82, 2.24) is 0 Å².